The lowest BCUT2D eigenvalue weighted by molar-refractivity contribution is -0.127. The Morgan fingerprint density at radius 2 is 2.00 bits per heavy atom. The van der Waals surface area contributed by atoms with Crippen LogP contribution >= 0.6 is 11.3 Å². The van der Waals surface area contributed by atoms with Crippen LogP contribution in [0.1, 0.15) is 87.8 Å². The van der Waals surface area contributed by atoms with Crippen LogP contribution in [0.5, 0.6) is 0 Å². The Morgan fingerprint density at radius 3 is 2.63 bits per heavy atom. The average molecular weight is 656 g/mol. The first-order valence-corrected chi connectivity index (χ1v) is 16.3. The first-order valence-electron chi connectivity index (χ1n) is 15.5. The van der Waals surface area contributed by atoms with E-state index < -0.39 is 17.9 Å². The van der Waals surface area contributed by atoms with Crippen molar-refractivity contribution >= 4 is 40.3 Å². The number of anilines is 1. The molecule has 4 heterocycles. The van der Waals surface area contributed by atoms with Gasteiger partial charge < -0.3 is 15.0 Å². The van der Waals surface area contributed by atoms with Crippen LogP contribution in [0, 0.1) is 16.7 Å². The van der Waals surface area contributed by atoms with Crippen LogP contribution in [-0.2, 0) is 22.6 Å². The Kier molecular flexibility index (Phi) is 11.0. The van der Waals surface area contributed by atoms with Gasteiger partial charge in [0, 0.05) is 38.5 Å². The zero-order valence-corrected chi connectivity index (χ0v) is 28.3. The maximum absolute atomic E-state index is 13.6. The minimum absolute atomic E-state index is 0.00153. The molecule has 0 radical (unpaired) electrons. The van der Waals surface area contributed by atoms with Crippen molar-refractivity contribution in [1.82, 2.24) is 24.8 Å². The summed E-state index contributed by atoms with van der Waals surface area (Å²) >= 11 is 0.722. The average Bonchev–Trinajstić information content (AvgIpc) is 3.73. The highest BCUT2D eigenvalue weighted by Crippen LogP contribution is 2.30. The van der Waals surface area contributed by atoms with Gasteiger partial charge in [0.25, 0.3) is 18.2 Å². The molecule has 0 saturated carbocycles. The fraction of sp³-hybridized carbons (Fsp3) is 0.545. The van der Waals surface area contributed by atoms with Gasteiger partial charge in [-0.05, 0) is 75.8 Å². The van der Waals surface area contributed by atoms with E-state index in [0.29, 0.717) is 37.3 Å². The number of carbonyl (C=O) groups is 2. The summed E-state index contributed by atoms with van der Waals surface area (Å²) in [6, 6.07) is 6.48. The van der Waals surface area contributed by atoms with Crippen molar-refractivity contribution in [1.29, 1.82) is 5.26 Å². The Labute approximate surface area is 272 Å². The number of fused-ring (bicyclic) bond motifs is 1. The molecule has 0 aliphatic carbocycles. The lowest BCUT2D eigenvalue weighted by Gasteiger charge is -2.28. The molecule has 13 heteroatoms. The summed E-state index contributed by atoms with van der Waals surface area (Å²) in [5.41, 5.74) is 1.23. The van der Waals surface area contributed by atoms with Gasteiger partial charge in [-0.1, -0.05) is 20.8 Å². The van der Waals surface area contributed by atoms with Gasteiger partial charge in [-0.25, -0.2) is 18.7 Å². The summed E-state index contributed by atoms with van der Waals surface area (Å²) in [5.74, 6) is -0.762. The van der Waals surface area contributed by atoms with Gasteiger partial charge >= 0.3 is 0 Å². The number of thiophene rings is 1. The van der Waals surface area contributed by atoms with Crippen molar-refractivity contribution in [2.45, 2.75) is 98.5 Å². The number of pyridine rings is 1. The summed E-state index contributed by atoms with van der Waals surface area (Å²) in [4.78, 5) is 37.8. The minimum Gasteiger partial charge on any atom is -0.372 e. The molecule has 2 N–H and O–H groups in total. The Balaban J connectivity index is 1.66. The molecule has 46 heavy (non-hydrogen) atoms. The smallest absolute Gasteiger partial charge is 0.272 e. The van der Waals surface area contributed by atoms with E-state index in [9.17, 15) is 23.6 Å². The number of likely N-dealkylation sites (tertiary alicyclic amines) is 1. The number of alkyl halides is 2. The number of hydrogen-bond donors (Lipinski definition) is 2. The largest absolute Gasteiger partial charge is 0.372 e. The molecule has 10 nitrogen and oxygen atoms in total. The van der Waals surface area contributed by atoms with Crippen LogP contribution in [0.15, 0.2) is 36.0 Å². The molecule has 2 amide bonds. The van der Waals surface area contributed by atoms with Gasteiger partial charge in [0.2, 0.25) is 5.95 Å². The van der Waals surface area contributed by atoms with E-state index in [-0.39, 0.29) is 51.2 Å². The predicted octanol–water partition coefficient (Wildman–Crippen LogP) is 6.46. The monoisotopic (exact) mass is 655 g/mol. The molecule has 1 saturated heterocycles. The van der Waals surface area contributed by atoms with Crippen molar-refractivity contribution < 1.29 is 23.1 Å². The fourth-order valence-electron chi connectivity index (χ4n) is 5.31. The van der Waals surface area contributed by atoms with E-state index in [4.69, 9.17) is 14.7 Å². The van der Waals surface area contributed by atoms with Crippen LogP contribution in [0.4, 0.5) is 14.7 Å². The Hall–Kier alpha value is -3.73. The number of hydrogen-bond acceptors (Lipinski definition) is 8. The number of aromatic nitrogens is 3. The molecule has 4 rings (SSSR count). The second-order valence-corrected chi connectivity index (χ2v) is 14.3. The zero-order valence-electron chi connectivity index (χ0n) is 27.5. The van der Waals surface area contributed by atoms with Crippen molar-refractivity contribution in [2.75, 3.05) is 18.5 Å². The summed E-state index contributed by atoms with van der Waals surface area (Å²) < 4.78 is 33.9. The molecule has 0 bridgehead atoms. The maximum atomic E-state index is 13.6. The third-order valence-electron chi connectivity index (χ3n) is 8.23. The molecule has 2 atom stereocenters. The lowest BCUT2D eigenvalue weighted by atomic mass is 9.88. The summed E-state index contributed by atoms with van der Waals surface area (Å²) in [5, 5.41) is 16.2. The fourth-order valence-corrected chi connectivity index (χ4v) is 6.07. The lowest BCUT2D eigenvalue weighted by Crippen LogP contribution is -2.39. The molecule has 3 aromatic rings. The van der Waals surface area contributed by atoms with E-state index in [0.717, 1.165) is 23.3 Å². The standard InChI is InChI=1S/C33H43F2N7O3S/c1-8-45-33(6,7)15-22(16-36)30(44)41-13-9-10-23(41)19-42-28-24(14-21(18-38-28)17-37-20(2)32(3,4)5)39-31(42)40-29(43)26-12-11-25(46-26)27(34)35/h11-12,14-15,18,20,23,27,37H,8-10,13,17,19H2,1-7H3,(H,39,40,43)/t20-,23?/m0/s1. The SMILES string of the molecule is CCOC(C)(C)C=C(C#N)C(=O)N1CCCC1Cn1c(NC(=O)c2ccc(C(F)F)s2)nc2cc(CN[C@@H](C)C(C)(C)C)cnc21. The van der Waals surface area contributed by atoms with E-state index >= 15 is 0 Å². The highest BCUT2D eigenvalue weighted by molar-refractivity contribution is 7.14. The third-order valence-corrected chi connectivity index (χ3v) is 9.33. The number of halogens is 2. The van der Waals surface area contributed by atoms with Gasteiger partial charge in [0.05, 0.1) is 21.4 Å². The van der Waals surface area contributed by atoms with E-state index in [1.54, 1.807) is 35.6 Å². The van der Waals surface area contributed by atoms with Crippen LogP contribution in [-0.4, -0.2) is 62.1 Å². The van der Waals surface area contributed by atoms with Crippen LogP contribution < -0.4 is 10.6 Å². The second kappa shape index (κ2) is 14.4. The predicted molar refractivity (Wildman–Crippen MR) is 175 cm³/mol. The highest BCUT2D eigenvalue weighted by atomic mass is 32.1. The number of ether oxygens (including phenoxy) is 1. The van der Waals surface area contributed by atoms with Gasteiger partial charge in [0.1, 0.15) is 17.2 Å². The molecule has 1 aliphatic heterocycles. The van der Waals surface area contributed by atoms with Crippen LogP contribution in [0.3, 0.4) is 0 Å². The minimum atomic E-state index is -2.68. The quantitative estimate of drug-likeness (QED) is 0.169. The number of nitrogens with one attached hydrogen (secondary N) is 2. The second-order valence-electron chi connectivity index (χ2n) is 13.2. The van der Waals surface area contributed by atoms with E-state index in [1.807, 2.05) is 19.1 Å². The maximum Gasteiger partial charge on any atom is 0.272 e. The normalized spacial score (nSPS) is 16.7. The highest BCUT2D eigenvalue weighted by Gasteiger charge is 2.33. The first-order chi connectivity index (χ1) is 21.6. The Bertz CT molecular complexity index is 1630. The van der Waals surface area contributed by atoms with Gasteiger partial charge in [-0.15, -0.1) is 11.3 Å². The van der Waals surface area contributed by atoms with Crippen molar-refractivity contribution in [3.8, 4) is 6.07 Å². The number of rotatable bonds is 12. The molecular weight excluding hydrogens is 612 g/mol. The number of nitrogens with zero attached hydrogens (tertiary/aromatic N) is 5. The summed E-state index contributed by atoms with van der Waals surface area (Å²) in [6.07, 6.45) is 2.04. The van der Waals surface area contributed by atoms with Gasteiger partial charge in [-0.2, -0.15) is 5.26 Å². The van der Waals surface area contributed by atoms with Crippen molar-refractivity contribution in [3.63, 3.8) is 0 Å². The molecule has 0 aromatic carbocycles. The summed E-state index contributed by atoms with van der Waals surface area (Å²) in [7, 11) is 0. The topological polar surface area (TPSA) is 125 Å². The van der Waals surface area contributed by atoms with Crippen LogP contribution in [0.2, 0.25) is 0 Å². The molecule has 1 fully saturated rings. The number of imidazole rings is 1. The van der Waals surface area contributed by atoms with E-state index in [1.165, 1.54) is 12.1 Å². The first kappa shape index (κ1) is 35.1. The third kappa shape index (κ3) is 8.34. The molecule has 248 valence electrons. The molecular formula is C33H43F2N7O3S. The van der Waals surface area contributed by atoms with Crippen molar-refractivity contribution in [2.24, 2.45) is 5.41 Å². The number of carbonyl (C=O) groups excluding carboxylic acids is 2. The molecule has 1 unspecified atom stereocenters. The molecule has 3 aromatic heterocycles. The summed E-state index contributed by atoms with van der Waals surface area (Å²) in [6.45, 7) is 15.8. The van der Waals surface area contributed by atoms with Crippen LogP contribution in [0.25, 0.3) is 11.2 Å². The molecule has 1 aliphatic rings. The van der Waals surface area contributed by atoms with Gasteiger partial charge in [-0.3, -0.25) is 19.5 Å². The number of nitriles is 1. The van der Waals surface area contributed by atoms with E-state index in [2.05, 4.69) is 38.3 Å². The van der Waals surface area contributed by atoms with Gasteiger partial charge in [0.15, 0.2) is 5.65 Å². The zero-order chi connectivity index (χ0) is 33.8. The Morgan fingerprint density at radius 1 is 1.26 bits per heavy atom. The number of amides is 2. The molecule has 0 spiro atoms. The van der Waals surface area contributed by atoms with Crippen molar-refractivity contribution in [3.05, 3.63) is 51.4 Å².